The summed E-state index contributed by atoms with van der Waals surface area (Å²) in [6, 6.07) is 2.05. The van der Waals surface area contributed by atoms with Crippen LogP contribution in [-0.2, 0) is 16.4 Å². The number of aromatic nitrogens is 1. The van der Waals surface area contributed by atoms with Gasteiger partial charge in [-0.25, -0.2) is 13.4 Å². The van der Waals surface area contributed by atoms with Gasteiger partial charge in [0.2, 0.25) is 0 Å². The highest BCUT2D eigenvalue weighted by atomic mass is 79.9. The van der Waals surface area contributed by atoms with E-state index in [1.807, 2.05) is 0 Å². The first kappa shape index (κ1) is 16.7. The van der Waals surface area contributed by atoms with Gasteiger partial charge in [0.15, 0.2) is 9.84 Å². The predicted octanol–water partition coefficient (Wildman–Crippen LogP) is 1.82. The van der Waals surface area contributed by atoms with Crippen LogP contribution in [0.25, 0.3) is 0 Å². The van der Waals surface area contributed by atoms with Crippen LogP contribution in [0.15, 0.2) is 16.7 Å². The molecule has 1 N–H and O–H groups in total. The highest BCUT2D eigenvalue weighted by molar-refractivity contribution is 9.10. The zero-order valence-corrected chi connectivity index (χ0v) is 14.9. The first-order valence-corrected chi connectivity index (χ1v) is 9.79. The second kappa shape index (κ2) is 7.07. The van der Waals surface area contributed by atoms with Crippen molar-refractivity contribution in [1.29, 1.82) is 0 Å². The minimum atomic E-state index is -2.87. The van der Waals surface area contributed by atoms with E-state index >= 15 is 0 Å². The molecule has 0 unspecified atom stereocenters. The number of hydrogen-bond acceptors (Lipinski definition) is 5. The first-order chi connectivity index (χ1) is 9.87. The normalized spacial score (nSPS) is 18.2. The third-order valence-corrected chi connectivity index (χ3v) is 5.46. The summed E-state index contributed by atoms with van der Waals surface area (Å²) in [6.45, 7) is 7.07. The lowest BCUT2D eigenvalue weighted by molar-refractivity contribution is 0.550. The van der Waals surface area contributed by atoms with Crippen molar-refractivity contribution in [2.75, 3.05) is 36.0 Å². The Hall–Kier alpha value is -0.660. The third kappa shape index (κ3) is 4.93. The molecule has 0 atom stereocenters. The molecule has 1 aliphatic rings. The van der Waals surface area contributed by atoms with Gasteiger partial charge in [0.25, 0.3) is 0 Å². The SMILES string of the molecule is CC(C)CNCc1cc(Br)cnc1N1CCS(=O)(=O)CC1. The summed E-state index contributed by atoms with van der Waals surface area (Å²) in [5, 5.41) is 3.42. The molecule has 1 aromatic rings. The van der Waals surface area contributed by atoms with Crippen molar-refractivity contribution in [3.8, 4) is 0 Å². The van der Waals surface area contributed by atoms with Crippen molar-refractivity contribution in [2.24, 2.45) is 5.92 Å². The van der Waals surface area contributed by atoms with Crippen LogP contribution in [0.5, 0.6) is 0 Å². The van der Waals surface area contributed by atoms with E-state index in [2.05, 4.69) is 51.0 Å². The largest absolute Gasteiger partial charge is 0.354 e. The molecule has 1 aliphatic heterocycles. The Morgan fingerprint density at radius 1 is 1.38 bits per heavy atom. The fourth-order valence-electron chi connectivity index (χ4n) is 2.31. The Morgan fingerprint density at radius 3 is 2.67 bits per heavy atom. The number of halogens is 1. The molecule has 1 fully saturated rings. The van der Waals surface area contributed by atoms with E-state index in [1.54, 1.807) is 6.20 Å². The molecular formula is C14H22BrN3O2S. The topological polar surface area (TPSA) is 62.3 Å². The summed E-state index contributed by atoms with van der Waals surface area (Å²) < 4.78 is 24.0. The Balaban J connectivity index is 2.11. The van der Waals surface area contributed by atoms with Crippen molar-refractivity contribution in [3.05, 3.63) is 22.3 Å². The molecule has 0 radical (unpaired) electrons. The third-order valence-electron chi connectivity index (χ3n) is 3.42. The van der Waals surface area contributed by atoms with E-state index in [0.29, 0.717) is 19.0 Å². The summed E-state index contributed by atoms with van der Waals surface area (Å²) in [5.41, 5.74) is 1.10. The van der Waals surface area contributed by atoms with Crippen LogP contribution in [0, 0.1) is 5.92 Å². The van der Waals surface area contributed by atoms with E-state index in [9.17, 15) is 8.42 Å². The van der Waals surface area contributed by atoms with Crippen LogP contribution in [0.2, 0.25) is 0 Å². The van der Waals surface area contributed by atoms with Crippen molar-refractivity contribution >= 4 is 31.6 Å². The van der Waals surface area contributed by atoms with Crippen LogP contribution >= 0.6 is 15.9 Å². The highest BCUT2D eigenvalue weighted by Crippen LogP contribution is 2.23. The second-order valence-electron chi connectivity index (χ2n) is 5.80. The molecule has 5 nitrogen and oxygen atoms in total. The zero-order valence-electron chi connectivity index (χ0n) is 12.5. The van der Waals surface area contributed by atoms with Gasteiger partial charge >= 0.3 is 0 Å². The van der Waals surface area contributed by atoms with E-state index in [0.717, 1.165) is 28.9 Å². The molecule has 118 valence electrons. The maximum Gasteiger partial charge on any atom is 0.153 e. The lowest BCUT2D eigenvalue weighted by atomic mass is 10.2. The fraction of sp³-hybridized carbons (Fsp3) is 0.643. The van der Waals surface area contributed by atoms with Crippen LogP contribution in [-0.4, -0.2) is 44.5 Å². The molecule has 0 amide bonds. The number of hydrogen-bond donors (Lipinski definition) is 1. The molecule has 1 aromatic heterocycles. The summed E-state index contributed by atoms with van der Waals surface area (Å²) in [4.78, 5) is 6.56. The van der Waals surface area contributed by atoms with Crippen LogP contribution in [0.4, 0.5) is 5.82 Å². The molecule has 0 saturated carbocycles. The molecule has 7 heteroatoms. The van der Waals surface area contributed by atoms with Gasteiger partial charge in [-0.1, -0.05) is 13.8 Å². The zero-order chi connectivity index (χ0) is 15.5. The van der Waals surface area contributed by atoms with Crippen LogP contribution < -0.4 is 10.2 Å². The van der Waals surface area contributed by atoms with E-state index in [4.69, 9.17) is 0 Å². The Bertz CT molecular complexity index is 576. The van der Waals surface area contributed by atoms with Gasteiger partial charge in [-0.2, -0.15) is 0 Å². The number of nitrogens with zero attached hydrogens (tertiary/aromatic N) is 2. The van der Waals surface area contributed by atoms with Crippen molar-refractivity contribution in [2.45, 2.75) is 20.4 Å². The standard InChI is InChI=1S/C14H22BrN3O2S/c1-11(2)8-16-9-12-7-13(15)10-17-14(12)18-3-5-21(19,20)6-4-18/h7,10-11,16H,3-6,8-9H2,1-2H3. The molecule has 0 aliphatic carbocycles. The second-order valence-corrected chi connectivity index (χ2v) is 9.02. The molecule has 2 heterocycles. The maximum atomic E-state index is 11.5. The minimum absolute atomic E-state index is 0.212. The quantitative estimate of drug-likeness (QED) is 0.850. The van der Waals surface area contributed by atoms with Gasteiger partial charge in [-0.3, -0.25) is 0 Å². The van der Waals surface area contributed by atoms with Gasteiger partial charge < -0.3 is 10.2 Å². The van der Waals surface area contributed by atoms with E-state index < -0.39 is 9.84 Å². The van der Waals surface area contributed by atoms with Crippen LogP contribution in [0.1, 0.15) is 19.4 Å². The molecular weight excluding hydrogens is 354 g/mol. The number of nitrogens with one attached hydrogen (secondary N) is 1. The average Bonchev–Trinajstić information content (AvgIpc) is 2.39. The van der Waals surface area contributed by atoms with Crippen molar-refractivity contribution < 1.29 is 8.42 Å². The molecule has 0 spiro atoms. The van der Waals surface area contributed by atoms with Crippen molar-refractivity contribution in [1.82, 2.24) is 10.3 Å². The molecule has 1 saturated heterocycles. The number of anilines is 1. The van der Waals surface area contributed by atoms with Gasteiger partial charge in [0.05, 0.1) is 11.5 Å². The lowest BCUT2D eigenvalue weighted by Crippen LogP contribution is -2.41. The summed E-state index contributed by atoms with van der Waals surface area (Å²) in [7, 11) is -2.87. The van der Waals surface area contributed by atoms with Crippen LogP contribution in [0.3, 0.4) is 0 Å². The van der Waals surface area contributed by atoms with Gasteiger partial charge in [0, 0.05) is 35.9 Å². The molecule has 2 rings (SSSR count). The van der Waals surface area contributed by atoms with Gasteiger partial charge in [0.1, 0.15) is 5.82 Å². The summed E-state index contributed by atoms with van der Waals surface area (Å²) >= 11 is 3.45. The highest BCUT2D eigenvalue weighted by Gasteiger charge is 2.24. The lowest BCUT2D eigenvalue weighted by Gasteiger charge is -2.29. The smallest absolute Gasteiger partial charge is 0.153 e. The molecule has 0 bridgehead atoms. The molecule has 0 aromatic carbocycles. The van der Waals surface area contributed by atoms with Crippen molar-refractivity contribution in [3.63, 3.8) is 0 Å². The van der Waals surface area contributed by atoms with E-state index in [1.165, 1.54) is 0 Å². The Kier molecular flexibility index (Phi) is 5.62. The predicted molar refractivity (Wildman–Crippen MR) is 89.3 cm³/mol. The van der Waals surface area contributed by atoms with E-state index in [-0.39, 0.29) is 11.5 Å². The van der Waals surface area contributed by atoms with Gasteiger partial charge in [-0.05, 0) is 34.5 Å². The Labute approximate surface area is 135 Å². The first-order valence-electron chi connectivity index (χ1n) is 7.18. The summed E-state index contributed by atoms with van der Waals surface area (Å²) in [6.07, 6.45) is 1.77. The fourth-order valence-corrected chi connectivity index (χ4v) is 3.89. The molecule has 21 heavy (non-hydrogen) atoms. The summed E-state index contributed by atoms with van der Waals surface area (Å²) in [5.74, 6) is 1.91. The number of rotatable bonds is 5. The average molecular weight is 376 g/mol. The Morgan fingerprint density at radius 2 is 2.05 bits per heavy atom. The number of sulfone groups is 1. The minimum Gasteiger partial charge on any atom is -0.354 e. The van der Waals surface area contributed by atoms with Gasteiger partial charge in [-0.15, -0.1) is 0 Å². The number of pyridine rings is 1. The monoisotopic (exact) mass is 375 g/mol. The maximum absolute atomic E-state index is 11.5.